The molecule has 1 aromatic rings. The summed E-state index contributed by atoms with van der Waals surface area (Å²) in [5.41, 5.74) is 8.77. The van der Waals surface area contributed by atoms with Crippen molar-refractivity contribution in [1.82, 2.24) is 4.90 Å². The minimum absolute atomic E-state index is 0.196. The van der Waals surface area contributed by atoms with E-state index in [1.807, 2.05) is 25.7 Å². The Bertz CT molecular complexity index is 670. The second kappa shape index (κ2) is 6.52. The van der Waals surface area contributed by atoms with Gasteiger partial charge in [0.1, 0.15) is 11.7 Å². The minimum Gasteiger partial charge on any atom is -0.484 e. The summed E-state index contributed by atoms with van der Waals surface area (Å²) in [5.74, 6) is 1.46. The molecule has 1 atom stereocenters. The van der Waals surface area contributed by atoms with Gasteiger partial charge in [-0.15, -0.1) is 0 Å². The van der Waals surface area contributed by atoms with Crippen LogP contribution in [0.15, 0.2) is 6.07 Å². The lowest BCUT2D eigenvalue weighted by molar-refractivity contribution is -0.256. The molecule has 2 aliphatic rings. The van der Waals surface area contributed by atoms with E-state index in [-0.39, 0.29) is 12.2 Å². The summed E-state index contributed by atoms with van der Waals surface area (Å²) in [6.07, 6.45) is 2.92. The van der Waals surface area contributed by atoms with Crippen molar-refractivity contribution in [3.63, 3.8) is 0 Å². The number of benzene rings is 1. The van der Waals surface area contributed by atoms with E-state index >= 15 is 0 Å². The minimum atomic E-state index is -0.442. The maximum atomic E-state index is 12.3. The summed E-state index contributed by atoms with van der Waals surface area (Å²) in [6.45, 7) is 11.5. The van der Waals surface area contributed by atoms with Crippen LogP contribution in [-0.4, -0.2) is 35.8 Å². The number of ether oxygens (including phenoxy) is 2. The second-order valence-corrected chi connectivity index (χ2v) is 8.45. The van der Waals surface area contributed by atoms with E-state index in [1.54, 1.807) is 0 Å². The molecule has 0 spiro atoms. The van der Waals surface area contributed by atoms with Crippen LogP contribution in [0, 0.1) is 6.92 Å². The standard InChI is InChI=1S/C20H30N2O3/c1-12-10-16(21)18-15(11-13(2)24-18)17(12)14-6-8-22(9-7-14)19(23)25-20(3,4)5/h10,13-14H,6-9,11,21H2,1-5H3/p+1. The molecule has 3 rings (SSSR count). The van der Waals surface area contributed by atoms with E-state index in [1.165, 1.54) is 16.7 Å². The summed E-state index contributed by atoms with van der Waals surface area (Å²) >= 11 is 0. The average molecular weight is 347 g/mol. The predicted octanol–water partition coefficient (Wildman–Crippen LogP) is 3.31. The third-order valence-electron chi connectivity index (χ3n) is 5.07. The molecule has 1 saturated heterocycles. The summed E-state index contributed by atoms with van der Waals surface area (Å²) in [4.78, 5) is 14.1. The highest BCUT2D eigenvalue weighted by Gasteiger charge is 2.33. The summed E-state index contributed by atoms with van der Waals surface area (Å²) in [5, 5.41) is 0. The first-order valence-electron chi connectivity index (χ1n) is 9.28. The number of hydrogen-bond donors (Lipinski definition) is 1. The first-order chi connectivity index (χ1) is 11.7. The van der Waals surface area contributed by atoms with Gasteiger partial charge in [-0.25, -0.2) is 4.79 Å². The molecule has 3 N–H and O–H groups in total. The van der Waals surface area contributed by atoms with Crippen LogP contribution in [0.3, 0.4) is 0 Å². The number of nitrogens with zero attached hydrogens (tertiary/aromatic N) is 1. The van der Waals surface area contributed by atoms with Crippen LogP contribution in [0.25, 0.3) is 0 Å². The quantitative estimate of drug-likeness (QED) is 0.847. The van der Waals surface area contributed by atoms with Crippen LogP contribution in [0.1, 0.15) is 63.1 Å². The van der Waals surface area contributed by atoms with Crippen LogP contribution in [0.4, 0.5) is 10.5 Å². The Labute approximate surface area is 150 Å². The number of rotatable bonds is 1. The molecule has 5 heteroatoms. The molecule has 138 valence electrons. The van der Waals surface area contributed by atoms with Gasteiger partial charge in [0.2, 0.25) is 0 Å². The fourth-order valence-corrected chi connectivity index (χ4v) is 4.08. The molecular formula is C20H31N2O3+. The second-order valence-electron chi connectivity index (χ2n) is 8.45. The third-order valence-corrected chi connectivity index (χ3v) is 5.07. The number of carbonyl (C=O) groups excluding carboxylic acids is 1. The molecule has 25 heavy (non-hydrogen) atoms. The molecule has 5 nitrogen and oxygen atoms in total. The van der Waals surface area contributed by atoms with Crippen molar-refractivity contribution >= 4 is 11.8 Å². The molecule has 0 saturated carbocycles. The number of hydrogen-bond acceptors (Lipinski definition) is 3. The molecule has 1 amide bonds. The Kier molecular flexibility index (Phi) is 4.71. The normalized spacial score (nSPS) is 21.0. The maximum absolute atomic E-state index is 12.3. The monoisotopic (exact) mass is 347 g/mol. The molecule has 2 aliphatic heterocycles. The number of quaternary nitrogens is 1. The molecule has 1 aromatic carbocycles. The van der Waals surface area contributed by atoms with Crippen molar-refractivity contribution in [2.75, 3.05) is 13.1 Å². The van der Waals surface area contributed by atoms with E-state index in [4.69, 9.17) is 9.47 Å². The Balaban J connectivity index is 1.74. The van der Waals surface area contributed by atoms with Crippen molar-refractivity contribution in [2.24, 2.45) is 0 Å². The molecule has 0 aliphatic carbocycles. The molecule has 0 radical (unpaired) electrons. The van der Waals surface area contributed by atoms with Gasteiger partial charge < -0.3 is 20.1 Å². The van der Waals surface area contributed by atoms with Gasteiger partial charge in [0.25, 0.3) is 0 Å². The van der Waals surface area contributed by atoms with E-state index < -0.39 is 5.60 Å². The van der Waals surface area contributed by atoms with E-state index in [2.05, 4.69) is 25.6 Å². The van der Waals surface area contributed by atoms with Gasteiger partial charge in [0.15, 0.2) is 11.4 Å². The van der Waals surface area contributed by atoms with Crippen molar-refractivity contribution < 1.29 is 20.0 Å². The Hall–Kier alpha value is -1.75. The lowest BCUT2D eigenvalue weighted by Gasteiger charge is -2.34. The fraction of sp³-hybridized carbons (Fsp3) is 0.650. The van der Waals surface area contributed by atoms with Gasteiger partial charge in [0, 0.05) is 31.1 Å². The highest BCUT2D eigenvalue weighted by molar-refractivity contribution is 5.68. The Morgan fingerprint density at radius 2 is 1.96 bits per heavy atom. The summed E-state index contributed by atoms with van der Waals surface area (Å²) in [6, 6.07) is 2.15. The van der Waals surface area contributed by atoms with Crippen molar-refractivity contribution in [3.8, 4) is 5.75 Å². The van der Waals surface area contributed by atoms with Gasteiger partial charge in [-0.05, 0) is 64.5 Å². The van der Waals surface area contributed by atoms with Gasteiger partial charge in [-0.2, -0.15) is 0 Å². The first kappa shape index (κ1) is 18.1. The van der Waals surface area contributed by atoms with Crippen molar-refractivity contribution in [1.29, 1.82) is 0 Å². The first-order valence-corrected chi connectivity index (χ1v) is 9.28. The van der Waals surface area contributed by atoms with Gasteiger partial charge >= 0.3 is 6.09 Å². The van der Waals surface area contributed by atoms with E-state index in [0.29, 0.717) is 5.92 Å². The number of piperidine rings is 1. The van der Waals surface area contributed by atoms with Crippen molar-refractivity contribution in [2.45, 2.75) is 71.5 Å². The zero-order valence-corrected chi connectivity index (χ0v) is 16.1. The Morgan fingerprint density at radius 3 is 2.56 bits per heavy atom. The average Bonchev–Trinajstić information content (AvgIpc) is 2.88. The molecule has 2 heterocycles. The maximum Gasteiger partial charge on any atom is 0.410 e. The fourth-order valence-electron chi connectivity index (χ4n) is 4.08. The number of amides is 1. The van der Waals surface area contributed by atoms with Crippen LogP contribution in [0.2, 0.25) is 0 Å². The van der Waals surface area contributed by atoms with Crippen LogP contribution in [0.5, 0.6) is 5.75 Å². The van der Waals surface area contributed by atoms with E-state index in [0.717, 1.165) is 43.8 Å². The lowest BCUT2D eigenvalue weighted by Crippen LogP contribution is -2.42. The van der Waals surface area contributed by atoms with Gasteiger partial charge in [-0.3, -0.25) is 0 Å². The lowest BCUT2D eigenvalue weighted by atomic mass is 9.82. The molecule has 1 unspecified atom stereocenters. The summed E-state index contributed by atoms with van der Waals surface area (Å²) < 4.78 is 11.5. The third kappa shape index (κ3) is 3.76. The largest absolute Gasteiger partial charge is 0.484 e. The zero-order valence-electron chi connectivity index (χ0n) is 16.1. The smallest absolute Gasteiger partial charge is 0.410 e. The van der Waals surface area contributed by atoms with Gasteiger partial charge in [-0.1, -0.05) is 0 Å². The number of likely N-dealkylation sites (tertiary alicyclic amines) is 1. The molecular weight excluding hydrogens is 316 g/mol. The highest BCUT2D eigenvalue weighted by atomic mass is 16.6. The van der Waals surface area contributed by atoms with Crippen molar-refractivity contribution in [3.05, 3.63) is 22.8 Å². The number of fused-ring (bicyclic) bond motifs is 1. The van der Waals surface area contributed by atoms with Crippen LogP contribution in [-0.2, 0) is 11.2 Å². The van der Waals surface area contributed by atoms with Crippen LogP contribution < -0.4 is 10.5 Å². The summed E-state index contributed by atoms with van der Waals surface area (Å²) in [7, 11) is 0. The molecule has 0 aromatic heterocycles. The van der Waals surface area contributed by atoms with Gasteiger partial charge in [0.05, 0.1) is 0 Å². The highest BCUT2D eigenvalue weighted by Crippen LogP contribution is 2.43. The van der Waals surface area contributed by atoms with E-state index in [9.17, 15) is 4.79 Å². The molecule has 1 fully saturated rings. The molecule has 0 bridgehead atoms. The van der Waals surface area contributed by atoms with Crippen LogP contribution >= 0.6 is 0 Å². The predicted molar refractivity (Wildman–Crippen MR) is 97.3 cm³/mol. The Morgan fingerprint density at radius 1 is 1.32 bits per heavy atom. The number of carbonyl (C=O) groups is 1. The number of aryl methyl sites for hydroxylation is 1. The zero-order chi connectivity index (χ0) is 18.4. The topological polar surface area (TPSA) is 66.4 Å². The SMILES string of the molecule is Cc1cc([NH3+])c2c(c1C1CCN(C(=O)OC(C)(C)C)CC1)CC(C)O2.